The van der Waals surface area contributed by atoms with E-state index in [9.17, 15) is 14.0 Å². The lowest BCUT2D eigenvalue weighted by molar-refractivity contribution is -0.119. The average molecular weight is 355 g/mol. The molecule has 1 aromatic heterocycles. The van der Waals surface area contributed by atoms with Gasteiger partial charge in [0.2, 0.25) is 5.91 Å². The van der Waals surface area contributed by atoms with Crippen LogP contribution in [-0.4, -0.2) is 35.1 Å². The number of benzene rings is 1. The Hall–Kier alpha value is -3.29. The van der Waals surface area contributed by atoms with Crippen molar-refractivity contribution in [3.63, 3.8) is 0 Å². The van der Waals surface area contributed by atoms with Crippen molar-refractivity contribution >= 4 is 23.2 Å². The molecule has 1 aliphatic rings. The van der Waals surface area contributed by atoms with Crippen LogP contribution in [0, 0.1) is 5.82 Å². The van der Waals surface area contributed by atoms with E-state index in [1.807, 2.05) is 18.2 Å². The van der Waals surface area contributed by atoms with Crippen molar-refractivity contribution in [2.45, 2.75) is 18.9 Å². The number of amides is 2. The second kappa shape index (κ2) is 7.73. The number of hydrogen-bond donors (Lipinski definition) is 2. The highest BCUT2D eigenvalue weighted by atomic mass is 19.1. The molecule has 0 spiro atoms. The Balaban J connectivity index is 1.66. The molecule has 0 radical (unpaired) electrons. The number of aromatic nitrogens is 1. The zero-order chi connectivity index (χ0) is 18.5. The van der Waals surface area contributed by atoms with Crippen LogP contribution in [0.25, 0.3) is 0 Å². The van der Waals surface area contributed by atoms with Crippen molar-refractivity contribution in [2.75, 3.05) is 11.6 Å². The number of carbonyl (C=O) groups excluding carboxylic acids is 2. The first-order valence-corrected chi connectivity index (χ1v) is 8.14. The maximum atomic E-state index is 13.1. The fraction of sp³-hybridized carbons (Fsp3) is 0.222. The SMILES string of the molecule is NC(=O)[C@H]1CC(C(=O)NCCc2ccccn2)=NN1c1ccc(F)cc1. The van der Waals surface area contributed by atoms with Gasteiger partial charge in [-0.3, -0.25) is 19.6 Å². The van der Waals surface area contributed by atoms with Crippen molar-refractivity contribution in [3.05, 3.63) is 60.2 Å². The molecule has 7 nitrogen and oxygen atoms in total. The van der Waals surface area contributed by atoms with Crippen LogP contribution >= 0.6 is 0 Å². The van der Waals surface area contributed by atoms with Gasteiger partial charge in [-0.1, -0.05) is 6.07 Å². The molecule has 0 saturated carbocycles. The topological polar surface area (TPSA) is 101 Å². The van der Waals surface area contributed by atoms with E-state index in [1.165, 1.54) is 29.3 Å². The first-order chi connectivity index (χ1) is 12.5. The van der Waals surface area contributed by atoms with Crippen molar-refractivity contribution in [3.8, 4) is 0 Å². The Morgan fingerprint density at radius 3 is 2.65 bits per heavy atom. The molecule has 0 unspecified atom stereocenters. The van der Waals surface area contributed by atoms with Gasteiger partial charge in [0.15, 0.2) is 0 Å². The molecule has 1 aliphatic heterocycles. The number of carbonyl (C=O) groups is 2. The maximum absolute atomic E-state index is 13.1. The van der Waals surface area contributed by atoms with Gasteiger partial charge in [-0.05, 0) is 36.4 Å². The molecular weight excluding hydrogens is 337 g/mol. The number of anilines is 1. The Morgan fingerprint density at radius 1 is 1.23 bits per heavy atom. The minimum Gasteiger partial charge on any atom is -0.368 e. The molecule has 0 saturated heterocycles. The number of hydrazone groups is 1. The third kappa shape index (κ3) is 4.02. The van der Waals surface area contributed by atoms with Crippen LogP contribution < -0.4 is 16.1 Å². The summed E-state index contributed by atoms with van der Waals surface area (Å²) in [4.78, 5) is 28.2. The minimum atomic E-state index is -0.781. The number of nitrogens with one attached hydrogen (secondary N) is 1. The molecular formula is C18H18FN5O2. The fourth-order valence-corrected chi connectivity index (χ4v) is 2.65. The quantitative estimate of drug-likeness (QED) is 0.807. The first kappa shape index (κ1) is 17.5. The summed E-state index contributed by atoms with van der Waals surface area (Å²) in [5.74, 6) is -1.37. The van der Waals surface area contributed by atoms with E-state index >= 15 is 0 Å². The number of nitrogens with zero attached hydrogens (tertiary/aromatic N) is 3. The van der Waals surface area contributed by atoms with Gasteiger partial charge in [0.05, 0.1) is 5.69 Å². The third-order valence-corrected chi connectivity index (χ3v) is 3.98. The number of hydrogen-bond acceptors (Lipinski definition) is 5. The summed E-state index contributed by atoms with van der Waals surface area (Å²) in [6.07, 6.45) is 2.37. The summed E-state index contributed by atoms with van der Waals surface area (Å²) in [7, 11) is 0. The molecule has 3 rings (SSSR count). The van der Waals surface area contributed by atoms with Crippen molar-refractivity contribution in [1.82, 2.24) is 10.3 Å². The monoisotopic (exact) mass is 355 g/mol. The van der Waals surface area contributed by atoms with E-state index in [1.54, 1.807) is 6.20 Å². The number of primary amides is 1. The summed E-state index contributed by atoms with van der Waals surface area (Å²) >= 11 is 0. The molecule has 0 aliphatic carbocycles. The summed E-state index contributed by atoms with van der Waals surface area (Å²) in [5.41, 5.74) is 6.99. The Labute approximate surface area is 149 Å². The van der Waals surface area contributed by atoms with Gasteiger partial charge < -0.3 is 11.1 Å². The second-order valence-corrected chi connectivity index (χ2v) is 5.82. The molecule has 0 fully saturated rings. The zero-order valence-electron chi connectivity index (χ0n) is 13.9. The van der Waals surface area contributed by atoms with Gasteiger partial charge >= 0.3 is 0 Å². The molecule has 1 atom stereocenters. The van der Waals surface area contributed by atoms with Gasteiger partial charge in [0.1, 0.15) is 17.6 Å². The third-order valence-electron chi connectivity index (χ3n) is 3.98. The van der Waals surface area contributed by atoms with E-state index in [2.05, 4.69) is 15.4 Å². The average Bonchev–Trinajstić information content (AvgIpc) is 3.09. The van der Waals surface area contributed by atoms with Crippen molar-refractivity contribution in [2.24, 2.45) is 10.8 Å². The molecule has 1 aromatic carbocycles. The molecule has 0 bridgehead atoms. The number of nitrogens with two attached hydrogens (primary N) is 1. The van der Waals surface area contributed by atoms with E-state index < -0.39 is 17.8 Å². The van der Waals surface area contributed by atoms with Crippen LogP contribution in [0.3, 0.4) is 0 Å². The summed E-state index contributed by atoms with van der Waals surface area (Å²) in [6, 6.07) is 10.3. The van der Waals surface area contributed by atoms with Crippen LogP contribution in [0.1, 0.15) is 12.1 Å². The van der Waals surface area contributed by atoms with E-state index in [0.717, 1.165) is 5.69 Å². The number of halogens is 1. The van der Waals surface area contributed by atoms with E-state index in [4.69, 9.17) is 5.73 Å². The molecule has 8 heteroatoms. The minimum absolute atomic E-state index is 0.0993. The van der Waals surface area contributed by atoms with Gasteiger partial charge in [0.25, 0.3) is 5.91 Å². The van der Waals surface area contributed by atoms with Crippen molar-refractivity contribution in [1.29, 1.82) is 0 Å². The Kier molecular flexibility index (Phi) is 5.21. The van der Waals surface area contributed by atoms with E-state index in [-0.39, 0.29) is 18.0 Å². The summed E-state index contributed by atoms with van der Waals surface area (Å²) in [5, 5.41) is 8.34. The predicted octanol–water partition coefficient (Wildman–Crippen LogP) is 1.000. The summed E-state index contributed by atoms with van der Waals surface area (Å²) < 4.78 is 13.1. The molecule has 26 heavy (non-hydrogen) atoms. The fourth-order valence-electron chi connectivity index (χ4n) is 2.65. The standard InChI is InChI=1S/C18H18FN5O2/c19-12-4-6-14(7-5-12)24-16(17(20)25)11-15(23-24)18(26)22-10-8-13-3-1-2-9-21-13/h1-7,9,16H,8,10-11H2,(H2,20,25)(H,22,26)/t16-/m1/s1. The molecule has 2 aromatic rings. The van der Waals surface area contributed by atoms with Crippen LogP contribution in [0.15, 0.2) is 53.8 Å². The Morgan fingerprint density at radius 2 is 2.00 bits per heavy atom. The molecule has 2 amide bonds. The lowest BCUT2D eigenvalue weighted by Crippen LogP contribution is -2.40. The molecule has 134 valence electrons. The highest BCUT2D eigenvalue weighted by Gasteiger charge is 2.34. The van der Waals surface area contributed by atoms with Crippen LogP contribution in [0.4, 0.5) is 10.1 Å². The van der Waals surface area contributed by atoms with Gasteiger partial charge in [0, 0.05) is 31.3 Å². The van der Waals surface area contributed by atoms with E-state index in [0.29, 0.717) is 18.7 Å². The maximum Gasteiger partial charge on any atom is 0.267 e. The highest BCUT2D eigenvalue weighted by molar-refractivity contribution is 6.40. The lowest BCUT2D eigenvalue weighted by atomic mass is 10.1. The first-order valence-electron chi connectivity index (χ1n) is 8.14. The molecule has 2 heterocycles. The zero-order valence-corrected chi connectivity index (χ0v) is 13.9. The van der Waals surface area contributed by atoms with Gasteiger partial charge in [-0.2, -0.15) is 5.10 Å². The Bertz CT molecular complexity index is 823. The van der Waals surface area contributed by atoms with Crippen molar-refractivity contribution < 1.29 is 14.0 Å². The normalized spacial score (nSPS) is 16.3. The molecule has 3 N–H and O–H groups in total. The van der Waals surface area contributed by atoms with Crippen LogP contribution in [0.2, 0.25) is 0 Å². The summed E-state index contributed by atoms with van der Waals surface area (Å²) in [6.45, 7) is 0.395. The number of pyridine rings is 1. The van der Waals surface area contributed by atoms with Crippen LogP contribution in [-0.2, 0) is 16.0 Å². The van der Waals surface area contributed by atoms with Gasteiger partial charge in [-0.15, -0.1) is 0 Å². The largest absolute Gasteiger partial charge is 0.368 e. The predicted molar refractivity (Wildman–Crippen MR) is 94.9 cm³/mol. The van der Waals surface area contributed by atoms with Gasteiger partial charge in [-0.25, -0.2) is 4.39 Å². The lowest BCUT2D eigenvalue weighted by Gasteiger charge is -2.20. The second-order valence-electron chi connectivity index (χ2n) is 5.82. The highest BCUT2D eigenvalue weighted by Crippen LogP contribution is 2.24. The number of rotatable bonds is 6. The van der Waals surface area contributed by atoms with Crippen LogP contribution in [0.5, 0.6) is 0 Å². The smallest absolute Gasteiger partial charge is 0.267 e.